The van der Waals surface area contributed by atoms with E-state index in [1.54, 1.807) is 12.3 Å². The minimum absolute atomic E-state index is 0.233. The molecule has 0 saturated heterocycles. The van der Waals surface area contributed by atoms with Gasteiger partial charge in [0.1, 0.15) is 0 Å². The Morgan fingerprint density at radius 1 is 1.50 bits per heavy atom. The summed E-state index contributed by atoms with van der Waals surface area (Å²) in [6, 6.07) is 1.94. The summed E-state index contributed by atoms with van der Waals surface area (Å²) in [6.07, 6.45) is 2.59. The van der Waals surface area contributed by atoms with Gasteiger partial charge in [0.15, 0.2) is 0 Å². The van der Waals surface area contributed by atoms with Crippen LogP contribution in [0.3, 0.4) is 0 Å². The Labute approximate surface area is 80.7 Å². The third-order valence-electron chi connectivity index (χ3n) is 2.03. The van der Waals surface area contributed by atoms with Crippen molar-refractivity contribution in [3.05, 3.63) is 28.0 Å². The van der Waals surface area contributed by atoms with Crippen molar-refractivity contribution >= 4 is 23.2 Å². The van der Waals surface area contributed by atoms with Crippen LogP contribution in [0, 0.1) is 0 Å². The Hall–Kier alpha value is -0.310. The van der Waals surface area contributed by atoms with E-state index in [-0.39, 0.29) is 6.04 Å². The highest BCUT2D eigenvalue weighted by molar-refractivity contribution is 6.34. The molecule has 2 atom stereocenters. The molecule has 1 saturated carbocycles. The lowest BCUT2D eigenvalue weighted by Gasteiger charge is -2.00. The number of halogens is 2. The molecule has 64 valence electrons. The maximum atomic E-state index is 5.93. The average Bonchev–Trinajstić information content (AvgIpc) is 2.66. The fraction of sp³-hybridized carbons (Fsp3) is 0.375. The molecule has 0 aliphatic heterocycles. The van der Waals surface area contributed by atoms with E-state index in [0.29, 0.717) is 16.0 Å². The Bertz CT molecular complexity index is 314. The number of hydrogen-bond acceptors (Lipinski definition) is 2. The van der Waals surface area contributed by atoms with Crippen molar-refractivity contribution < 1.29 is 0 Å². The molecule has 1 aliphatic rings. The summed E-state index contributed by atoms with van der Waals surface area (Å²) in [5, 5.41) is 1.19. The number of pyridine rings is 1. The zero-order chi connectivity index (χ0) is 8.72. The smallest absolute Gasteiger partial charge is 0.0639 e. The molecule has 1 aliphatic carbocycles. The zero-order valence-electron chi connectivity index (χ0n) is 6.30. The van der Waals surface area contributed by atoms with Gasteiger partial charge in [-0.3, -0.25) is 4.98 Å². The van der Waals surface area contributed by atoms with E-state index in [9.17, 15) is 0 Å². The van der Waals surface area contributed by atoms with Gasteiger partial charge in [0.2, 0.25) is 0 Å². The van der Waals surface area contributed by atoms with E-state index in [4.69, 9.17) is 28.9 Å². The highest BCUT2D eigenvalue weighted by Crippen LogP contribution is 2.41. The Morgan fingerprint density at radius 2 is 2.17 bits per heavy atom. The molecule has 1 fully saturated rings. The van der Waals surface area contributed by atoms with E-state index in [1.165, 1.54) is 0 Å². The van der Waals surface area contributed by atoms with Gasteiger partial charge in [-0.15, -0.1) is 0 Å². The van der Waals surface area contributed by atoms with Gasteiger partial charge in [-0.05, 0) is 12.5 Å². The van der Waals surface area contributed by atoms with E-state index >= 15 is 0 Å². The van der Waals surface area contributed by atoms with Crippen LogP contribution in [0.15, 0.2) is 12.3 Å². The van der Waals surface area contributed by atoms with E-state index < -0.39 is 0 Å². The minimum Gasteiger partial charge on any atom is -0.327 e. The molecular formula is C8H8Cl2N2. The molecule has 1 heterocycles. The third kappa shape index (κ3) is 1.42. The van der Waals surface area contributed by atoms with Gasteiger partial charge in [0, 0.05) is 18.2 Å². The Balaban J connectivity index is 2.33. The standard InChI is InChI=1S/C8H8Cl2N2/c9-4-1-6(10)8(12-3-4)5-2-7(5)11/h1,3,5,7H,2,11H2. The van der Waals surface area contributed by atoms with Crippen LogP contribution in [0.2, 0.25) is 10.0 Å². The molecule has 0 spiro atoms. The fourth-order valence-corrected chi connectivity index (χ4v) is 1.75. The second-order valence-corrected chi connectivity index (χ2v) is 3.87. The molecule has 2 nitrogen and oxygen atoms in total. The lowest BCUT2D eigenvalue weighted by molar-refractivity contribution is 0.945. The summed E-state index contributed by atoms with van der Waals surface area (Å²) < 4.78 is 0. The lowest BCUT2D eigenvalue weighted by Crippen LogP contribution is -2.02. The summed E-state index contributed by atoms with van der Waals surface area (Å²) in [7, 11) is 0. The number of nitrogens with zero attached hydrogens (tertiary/aromatic N) is 1. The topological polar surface area (TPSA) is 38.9 Å². The van der Waals surface area contributed by atoms with Crippen LogP contribution < -0.4 is 5.73 Å². The number of rotatable bonds is 1. The second kappa shape index (κ2) is 2.87. The molecule has 2 unspecified atom stereocenters. The van der Waals surface area contributed by atoms with Gasteiger partial charge in [-0.25, -0.2) is 0 Å². The Kier molecular flexibility index (Phi) is 1.99. The van der Waals surface area contributed by atoms with Crippen molar-refractivity contribution in [1.82, 2.24) is 4.98 Å². The van der Waals surface area contributed by atoms with Gasteiger partial charge < -0.3 is 5.73 Å². The normalized spacial score (nSPS) is 27.2. The fourth-order valence-electron chi connectivity index (χ4n) is 1.23. The SMILES string of the molecule is NC1CC1c1ncc(Cl)cc1Cl. The van der Waals surface area contributed by atoms with Crippen LogP contribution in [0.1, 0.15) is 18.0 Å². The quantitative estimate of drug-likeness (QED) is 0.759. The van der Waals surface area contributed by atoms with E-state index in [0.717, 1.165) is 12.1 Å². The van der Waals surface area contributed by atoms with Crippen LogP contribution in [0.5, 0.6) is 0 Å². The van der Waals surface area contributed by atoms with E-state index in [1.807, 2.05) is 0 Å². The molecular weight excluding hydrogens is 195 g/mol. The summed E-state index contributed by atoms with van der Waals surface area (Å²) >= 11 is 11.6. The molecule has 12 heavy (non-hydrogen) atoms. The van der Waals surface area contributed by atoms with Crippen molar-refractivity contribution in [2.45, 2.75) is 18.4 Å². The highest BCUT2D eigenvalue weighted by Gasteiger charge is 2.37. The van der Waals surface area contributed by atoms with E-state index in [2.05, 4.69) is 4.98 Å². The number of nitrogens with two attached hydrogens (primary N) is 1. The predicted molar refractivity (Wildman–Crippen MR) is 49.6 cm³/mol. The van der Waals surface area contributed by atoms with Crippen LogP contribution in [0.25, 0.3) is 0 Å². The van der Waals surface area contributed by atoms with Gasteiger partial charge in [0.25, 0.3) is 0 Å². The minimum atomic E-state index is 0.233. The van der Waals surface area contributed by atoms with Crippen LogP contribution >= 0.6 is 23.2 Å². The van der Waals surface area contributed by atoms with Gasteiger partial charge in [-0.2, -0.15) is 0 Å². The van der Waals surface area contributed by atoms with Crippen LogP contribution in [-0.4, -0.2) is 11.0 Å². The predicted octanol–water partition coefficient (Wildman–Crippen LogP) is 2.20. The first-order chi connectivity index (χ1) is 5.68. The summed E-state index contributed by atoms with van der Waals surface area (Å²) in [5.41, 5.74) is 6.56. The molecule has 2 rings (SSSR count). The molecule has 1 aromatic rings. The largest absolute Gasteiger partial charge is 0.327 e. The van der Waals surface area contributed by atoms with Gasteiger partial charge in [0.05, 0.1) is 15.7 Å². The molecule has 2 N–H and O–H groups in total. The van der Waals surface area contributed by atoms with Crippen LogP contribution in [0.4, 0.5) is 0 Å². The van der Waals surface area contributed by atoms with Crippen molar-refractivity contribution in [2.24, 2.45) is 5.73 Å². The second-order valence-electron chi connectivity index (χ2n) is 3.03. The van der Waals surface area contributed by atoms with Crippen molar-refractivity contribution in [3.63, 3.8) is 0 Å². The Morgan fingerprint density at radius 3 is 2.67 bits per heavy atom. The molecule has 4 heteroatoms. The lowest BCUT2D eigenvalue weighted by atomic mass is 10.2. The van der Waals surface area contributed by atoms with Crippen LogP contribution in [-0.2, 0) is 0 Å². The summed E-state index contributed by atoms with van der Waals surface area (Å²) in [5.74, 6) is 0.342. The highest BCUT2D eigenvalue weighted by atomic mass is 35.5. The first-order valence-corrected chi connectivity index (χ1v) is 4.50. The molecule has 0 amide bonds. The maximum Gasteiger partial charge on any atom is 0.0639 e. The first kappa shape index (κ1) is 8.30. The molecule has 0 aromatic carbocycles. The number of hydrogen-bond donors (Lipinski definition) is 1. The summed E-state index contributed by atoms with van der Waals surface area (Å²) in [4.78, 5) is 4.15. The van der Waals surface area contributed by atoms with Crippen molar-refractivity contribution in [3.8, 4) is 0 Å². The van der Waals surface area contributed by atoms with Crippen molar-refractivity contribution in [1.29, 1.82) is 0 Å². The molecule has 0 radical (unpaired) electrons. The zero-order valence-corrected chi connectivity index (χ0v) is 7.81. The monoisotopic (exact) mass is 202 g/mol. The summed E-state index contributed by atoms with van der Waals surface area (Å²) in [6.45, 7) is 0. The van der Waals surface area contributed by atoms with Gasteiger partial charge >= 0.3 is 0 Å². The third-order valence-corrected chi connectivity index (χ3v) is 2.54. The maximum absolute atomic E-state index is 5.93. The van der Waals surface area contributed by atoms with Gasteiger partial charge in [-0.1, -0.05) is 23.2 Å². The molecule has 1 aromatic heterocycles. The average molecular weight is 203 g/mol. The van der Waals surface area contributed by atoms with Crippen molar-refractivity contribution in [2.75, 3.05) is 0 Å². The molecule has 0 bridgehead atoms. The first-order valence-electron chi connectivity index (χ1n) is 3.75. The number of aromatic nitrogens is 1.